The zero-order valence-corrected chi connectivity index (χ0v) is 14.7. The van der Waals surface area contributed by atoms with Gasteiger partial charge in [0.05, 0.1) is 17.2 Å². The van der Waals surface area contributed by atoms with Crippen molar-refractivity contribution in [3.05, 3.63) is 59.7 Å². The standard InChI is InChI=1S/C19H18F3NO2S/c20-19(21,22)13-5-3-6-14(11-13)23-18(24)16-8-1-2-9-17(16)26-12-15-7-4-10-25-15/h1-3,5-6,8-9,11,15H,4,7,10,12H2,(H,23,24). The van der Waals surface area contributed by atoms with Crippen LogP contribution in [-0.2, 0) is 10.9 Å². The monoisotopic (exact) mass is 381 g/mol. The summed E-state index contributed by atoms with van der Waals surface area (Å²) in [5, 5.41) is 2.56. The number of hydrogen-bond acceptors (Lipinski definition) is 3. The third-order valence-electron chi connectivity index (χ3n) is 4.03. The number of thioether (sulfide) groups is 1. The SMILES string of the molecule is O=C(Nc1cccc(C(F)(F)F)c1)c1ccccc1SCC1CCCO1. The lowest BCUT2D eigenvalue weighted by molar-refractivity contribution is -0.137. The van der Waals surface area contributed by atoms with Crippen LogP contribution >= 0.6 is 11.8 Å². The molecule has 1 amide bonds. The van der Waals surface area contributed by atoms with Crippen LogP contribution in [0.5, 0.6) is 0 Å². The Kier molecular flexibility index (Phi) is 5.88. The third kappa shape index (κ3) is 4.80. The number of hydrogen-bond donors (Lipinski definition) is 1. The largest absolute Gasteiger partial charge is 0.416 e. The van der Waals surface area contributed by atoms with E-state index in [1.165, 1.54) is 23.9 Å². The van der Waals surface area contributed by atoms with Gasteiger partial charge in [-0.25, -0.2) is 0 Å². The molecule has 7 heteroatoms. The van der Waals surface area contributed by atoms with E-state index in [-0.39, 0.29) is 11.8 Å². The van der Waals surface area contributed by atoms with Gasteiger partial charge in [0.25, 0.3) is 5.91 Å². The smallest absolute Gasteiger partial charge is 0.377 e. The second-order valence-electron chi connectivity index (χ2n) is 5.97. The van der Waals surface area contributed by atoms with Gasteiger partial charge < -0.3 is 10.1 Å². The van der Waals surface area contributed by atoms with Crippen LogP contribution < -0.4 is 5.32 Å². The summed E-state index contributed by atoms with van der Waals surface area (Å²) in [6.07, 6.45) is -2.22. The minimum atomic E-state index is -4.45. The van der Waals surface area contributed by atoms with Crippen LogP contribution in [0.4, 0.5) is 18.9 Å². The Morgan fingerprint density at radius 1 is 1.19 bits per heavy atom. The summed E-state index contributed by atoms with van der Waals surface area (Å²) in [6.45, 7) is 0.767. The number of carbonyl (C=O) groups excluding carboxylic acids is 1. The normalized spacial score (nSPS) is 17.3. The highest BCUT2D eigenvalue weighted by Crippen LogP contribution is 2.31. The average Bonchev–Trinajstić information content (AvgIpc) is 3.13. The molecule has 2 aromatic rings. The molecule has 0 radical (unpaired) electrons. The lowest BCUT2D eigenvalue weighted by Crippen LogP contribution is -2.15. The Labute approximate surface area is 153 Å². The lowest BCUT2D eigenvalue weighted by atomic mass is 10.1. The molecule has 1 N–H and O–H groups in total. The van der Waals surface area contributed by atoms with Crippen molar-refractivity contribution in [2.24, 2.45) is 0 Å². The van der Waals surface area contributed by atoms with Crippen molar-refractivity contribution in [2.45, 2.75) is 30.0 Å². The van der Waals surface area contributed by atoms with Crippen LogP contribution in [0.25, 0.3) is 0 Å². The average molecular weight is 381 g/mol. The molecule has 1 aliphatic rings. The molecule has 1 saturated heterocycles. The molecule has 1 fully saturated rings. The topological polar surface area (TPSA) is 38.3 Å². The number of benzene rings is 2. The summed E-state index contributed by atoms with van der Waals surface area (Å²) >= 11 is 1.52. The number of nitrogens with one attached hydrogen (secondary N) is 1. The number of ether oxygens (including phenoxy) is 1. The molecule has 0 aliphatic carbocycles. The molecule has 1 unspecified atom stereocenters. The van der Waals surface area contributed by atoms with Crippen molar-refractivity contribution >= 4 is 23.4 Å². The van der Waals surface area contributed by atoms with E-state index in [0.717, 1.165) is 42.2 Å². The Bertz CT molecular complexity index is 773. The number of halogens is 3. The zero-order valence-electron chi connectivity index (χ0n) is 13.9. The van der Waals surface area contributed by atoms with E-state index < -0.39 is 17.6 Å². The Hall–Kier alpha value is -1.99. The molecule has 1 atom stereocenters. The Morgan fingerprint density at radius 3 is 2.73 bits per heavy atom. The van der Waals surface area contributed by atoms with Crippen LogP contribution in [0.1, 0.15) is 28.8 Å². The molecular formula is C19H18F3NO2S. The summed E-state index contributed by atoms with van der Waals surface area (Å²) in [5.74, 6) is 0.313. The van der Waals surface area contributed by atoms with Gasteiger partial charge in [-0.05, 0) is 43.2 Å². The van der Waals surface area contributed by atoms with E-state index in [1.54, 1.807) is 12.1 Å². The highest BCUT2D eigenvalue weighted by Gasteiger charge is 2.30. The van der Waals surface area contributed by atoms with E-state index in [0.29, 0.717) is 5.56 Å². The third-order valence-corrected chi connectivity index (χ3v) is 5.23. The van der Waals surface area contributed by atoms with Crippen LogP contribution in [0, 0.1) is 0 Å². The van der Waals surface area contributed by atoms with Gasteiger partial charge >= 0.3 is 6.18 Å². The van der Waals surface area contributed by atoms with Crippen molar-refractivity contribution in [3.63, 3.8) is 0 Å². The molecule has 0 bridgehead atoms. The van der Waals surface area contributed by atoms with Gasteiger partial charge in [-0.2, -0.15) is 13.2 Å². The molecule has 138 valence electrons. The number of amides is 1. The van der Waals surface area contributed by atoms with Gasteiger partial charge in [0.15, 0.2) is 0 Å². The first-order valence-electron chi connectivity index (χ1n) is 8.25. The predicted molar refractivity (Wildman–Crippen MR) is 95.5 cm³/mol. The van der Waals surface area contributed by atoms with E-state index in [9.17, 15) is 18.0 Å². The quantitative estimate of drug-likeness (QED) is 0.721. The summed E-state index contributed by atoms with van der Waals surface area (Å²) in [5.41, 5.74) is -0.243. The van der Waals surface area contributed by atoms with Gasteiger partial charge in [-0.3, -0.25) is 4.79 Å². The number of carbonyl (C=O) groups is 1. The molecule has 0 spiro atoms. The van der Waals surface area contributed by atoms with Crippen LogP contribution in [0.2, 0.25) is 0 Å². The summed E-state index contributed by atoms with van der Waals surface area (Å²) < 4.78 is 44.0. The van der Waals surface area contributed by atoms with Crippen LogP contribution in [0.3, 0.4) is 0 Å². The van der Waals surface area contributed by atoms with Gasteiger partial charge in [-0.1, -0.05) is 18.2 Å². The van der Waals surface area contributed by atoms with Crippen molar-refractivity contribution in [1.82, 2.24) is 0 Å². The fourth-order valence-electron chi connectivity index (χ4n) is 2.71. The summed E-state index contributed by atoms with van der Waals surface area (Å²) in [6, 6.07) is 11.7. The molecule has 0 saturated carbocycles. The fraction of sp³-hybridized carbons (Fsp3) is 0.316. The van der Waals surface area contributed by atoms with E-state index >= 15 is 0 Å². The maximum atomic E-state index is 12.8. The number of rotatable bonds is 5. The van der Waals surface area contributed by atoms with Crippen molar-refractivity contribution in [1.29, 1.82) is 0 Å². The number of alkyl halides is 3. The minimum absolute atomic E-state index is 0.115. The second-order valence-corrected chi connectivity index (χ2v) is 7.04. The maximum Gasteiger partial charge on any atom is 0.416 e. The van der Waals surface area contributed by atoms with Gasteiger partial charge in [0.1, 0.15) is 0 Å². The summed E-state index contributed by atoms with van der Waals surface area (Å²) in [4.78, 5) is 13.3. The highest BCUT2D eigenvalue weighted by molar-refractivity contribution is 7.99. The van der Waals surface area contributed by atoms with Gasteiger partial charge in [0, 0.05) is 22.9 Å². The van der Waals surface area contributed by atoms with Gasteiger partial charge in [0.2, 0.25) is 0 Å². The van der Waals surface area contributed by atoms with E-state index in [4.69, 9.17) is 4.74 Å². The fourth-order valence-corrected chi connectivity index (χ4v) is 3.83. The maximum absolute atomic E-state index is 12.8. The van der Waals surface area contributed by atoms with Gasteiger partial charge in [-0.15, -0.1) is 11.8 Å². The molecule has 2 aromatic carbocycles. The van der Waals surface area contributed by atoms with Crippen LogP contribution in [0.15, 0.2) is 53.4 Å². The zero-order chi connectivity index (χ0) is 18.6. The second kappa shape index (κ2) is 8.14. The predicted octanol–water partition coefficient (Wildman–Crippen LogP) is 5.23. The van der Waals surface area contributed by atoms with E-state index in [1.807, 2.05) is 12.1 Å². The molecule has 3 rings (SSSR count). The molecular weight excluding hydrogens is 363 g/mol. The highest BCUT2D eigenvalue weighted by atomic mass is 32.2. The van der Waals surface area contributed by atoms with Crippen LogP contribution in [-0.4, -0.2) is 24.4 Å². The Morgan fingerprint density at radius 2 is 2.00 bits per heavy atom. The first-order chi connectivity index (χ1) is 12.4. The molecule has 3 nitrogen and oxygen atoms in total. The molecule has 26 heavy (non-hydrogen) atoms. The lowest BCUT2D eigenvalue weighted by Gasteiger charge is -2.13. The Balaban J connectivity index is 1.71. The first-order valence-corrected chi connectivity index (χ1v) is 9.24. The molecule has 0 aromatic heterocycles. The van der Waals surface area contributed by atoms with Crippen molar-refractivity contribution < 1.29 is 22.7 Å². The van der Waals surface area contributed by atoms with Crippen molar-refractivity contribution in [3.8, 4) is 0 Å². The molecule has 1 aliphatic heterocycles. The minimum Gasteiger partial charge on any atom is -0.377 e. The first kappa shape index (κ1) is 18.8. The van der Waals surface area contributed by atoms with Crippen molar-refractivity contribution in [2.75, 3.05) is 17.7 Å². The van der Waals surface area contributed by atoms with E-state index in [2.05, 4.69) is 5.32 Å². The molecule has 1 heterocycles. The number of anilines is 1. The summed E-state index contributed by atoms with van der Waals surface area (Å²) in [7, 11) is 0.